The van der Waals surface area contributed by atoms with Crippen molar-refractivity contribution in [2.45, 2.75) is 0 Å². The van der Waals surface area contributed by atoms with Crippen LogP contribution in [0.5, 0.6) is 5.75 Å². The molecule has 0 aliphatic carbocycles. The quantitative estimate of drug-likeness (QED) is 0.471. The molecule has 0 aromatic heterocycles. The Bertz CT molecular complexity index is 412. The molecule has 0 N–H and O–H groups in total. The van der Waals surface area contributed by atoms with E-state index in [-0.39, 0.29) is 16.5 Å². The first-order valence-electron chi connectivity index (χ1n) is 4.07. The van der Waals surface area contributed by atoms with Gasteiger partial charge in [0.05, 0.1) is 22.5 Å². The van der Waals surface area contributed by atoms with E-state index in [4.69, 9.17) is 11.6 Å². The van der Waals surface area contributed by atoms with Crippen LogP contribution < -0.4 is 4.74 Å². The van der Waals surface area contributed by atoms with Crippen molar-refractivity contribution in [3.8, 4) is 5.75 Å². The fraction of sp³-hybridized carbons (Fsp3) is 0.143. The van der Waals surface area contributed by atoms with Crippen LogP contribution in [0.4, 0.5) is 18.6 Å². The van der Waals surface area contributed by atoms with Crippen molar-refractivity contribution >= 4 is 24.3 Å². The Morgan fingerprint density at radius 1 is 1.44 bits per heavy atom. The van der Waals surface area contributed by atoms with Crippen molar-refractivity contribution in [2.75, 3.05) is 6.51 Å². The number of halogens is 4. The fourth-order valence-electron chi connectivity index (χ4n) is 0.900. The molecule has 0 saturated carbocycles. The van der Waals surface area contributed by atoms with Gasteiger partial charge >= 0.3 is 6.98 Å². The van der Waals surface area contributed by atoms with Crippen molar-refractivity contribution in [3.63, 3.8) is 0 Å². The highest BCUT2D eigenvalue weighted by molar-refractivity contribution is 6.58. The molecule has 0 unspecified atom stereocenters. The third kappa shape index (κ3) is 3.61. The molecule has 1 rings (SSSR count). The molecule has 0 aliphatic rings. The van der Waals surface area contributed by atoms with E-state index in [2.05, 4.69) is 4.74 Å². The molecule has 16 heavy (non-hydrogen) atoms. The zero-order valence-corrected chi connectivity index (χ0v) is 8.46. The summed E-state index contributed by atoms with van der Waals surface area (Å²) in [5.41, 5.74) is -0.380. The molecule has 0 atom stereocenters. The van der Waals surface area contributed by atoms with Crippen molar-refractivity contribution < 1.29 is 22.6 Å². The smallest absolute Gasteiger partial charge is 0.515 e. The van der Waals surface area contributed by atoms with Crippen LogP contribution in [0.2, 0.25) is 5.02 Å². The van der Waals surface area contributed by atoms with E-state index in [1.807, 2.05) is 0 Å². The normalized spacial score (nSPS) is 11.2. The second-order valence-corrected chi connectivity index (χ2v) is 3.30. The lowest BCUT2D eigenvalue weighted by Crippen LogP contribution is -2.26. The number of benzene rings is 1. The molecule has 0 saturated heterocycles. The van der Waals surface area contributed by atoms with Gasteiger partial charge in [-0.2, -0.15) is 0 Å². The Hall–Kier alpha value is -1.44. The SMILES string of the molecule is O=[N+]([O-])c1ccc(Cl)c(OC[B-](F)(F)F)c1. The largest absolute Gasteiger partial charge is 0.520 e. The van der Waals surface area contributed by atoms with Gasteiger partial charge in [0.25, 0.3) is 5.69 Å². The van der Waals surface area contributed by atoms with E-state index < -0.39 is 18.4 Å². The monoisotopic (exact) mass is 254 g/mol. The van der Waals surface area contributed by atoms with Gasteiger partial charge in [0.2, 0.25) is 0 Å². The van der Waals surface area contributed by atoms with Gasteiger partial charge in [0.1, 0.15) is 5.75 Å². The predicted octanol–water partition coefficient (Wildman–Crippen LogP) is 3.01. The Morgan fingerprint density at radius 2 is 2.06 bits per heavy atom. The Labute approximate surface area is 93.2 Å². The van der Waals surface area contributed by atoms with Crippen LogP contribution >= 0.6 is 11.6 Å². The molecule has 0 fully saturated rings. The molecule has 0 radical (unpaired) electrons. The molecule has 0 spiro atoms. The summed E-state index contributed by atoms with van der Waals surface area (Å²) in [4.78, 5) is 9.61. The molecule has 1 aromatic carbocycles. The number of hydrogen-bond donors (Lipinski definition) is 0. The van der Waals surface area contributed by atoms with E-state index >= 15 is 0 Å². The van der Waals surface area contributed by atoms with Gasteiger partial charge in [-0.15, -0.1) is 0 Å². The second kappa shape index (κ2) is 4.61. The number of non-ortho nitro benzene ring substituents is 1. The minimum absolute atomic E-state index is 0.106. The number of nitro groups is 1. The topological polar surface area (TPSA) is 52.4 Å². The van der Waals surface area contributed by atoms with Gasteiger partial charge in [-0.25, -0.2) is 0 Å². The molecule has 0 bridgehead atoms. The van der Waals surface area contributed by atoms with Crippen LogP contribution in [-0.4, -0.2) is 18.4 Å². The lowest BCUT2D eigenvalue weighted by Gasteiger charge is -2.15. The van der Waals surface area contributed by atoms with Gasteiger partial charge in [0.15, 0.2) is 0 Å². The minimum atomic E-state index is -5.12. The summed E-state index contributed by atoms with van der Waals surface area (Å²) in [5, 5.41) is 10.2. The maximum absolute atomic E-state index is 11.9. The molecule has 9 heteroatoms. The minimum Gasteiger partial charge on any atom is -0.520 e. The standard InChI is InChI=1S/C7H5BClF3NO3/c9-6-2-1-5(13(14)15)3-7(6)16-4-8(10,11)12/h1-3H,4H2/q-1. The first-order chi connectivity index (χ1) is 7.29. The molecule has 0 aliphatic heterocycles. The maximum Gasteiger partial charge on any atom is 0.515 e. The van der Waals surface area contributed by atoms with Gasteiger partial charge in [-0.1, -0.05) is 11.6 Å². The number of ether oxygens (including phenoxy) is 1. The summed E-state index contributed by atoms with van der Waals surface area (Å²) in [6.07, 6.45) is 0. The summed E-state index contributed by atoms with van der Waals surface area (Å²) in [7, 11) is 0. The first kappa shape index (κ1) is 12.6. The van der Waals surface area contributed by atoms with Crippen LogP contribution in [0.15, 0.2) is 18.2 Å². The predicted molar refractivity (Wildman–Crippen MR) is 52.7 cm³/mol. The average Bonchev–Trinajstić information content (AvgIpc) is 2.14. The zero-order chi connectivity index (χ0) is 12.3. The Kier molecular flexibility index (Phi) is 3.64. The number of nitrogens with zero attached hydrogens (tertiary/aromatic N) is 1. The third-order valence-corrected chi connectivity index (χ3v) is 1.87. The summed E-state index contributed by atoms with van der Waals surface area (Å²) >= 11 is 5.52. The lowest BCUT2D eigenvalue weighted by molar-refractivity contribution is -0.384. The Morgan fingerprint density at radius 3 is 2.56 bits per heavy atom. The van der Waals surface area contributed by atoms with Crippen LogP contribution in [-0.2, 0) is 0 Å². The molecule has 0 heterocycles. The summed E-state index contributed by atoms with van der Waals surface area (Å²) < 4.78 is 40.0. The highest BCUT2D eigenvalue weighted by atomic mass is 35.5. The van der Waals surface area contributed by atoms with Crippen molar-refractivity contribution in [3.05, 3.63) is 33.3 Å². The summed E-state index contributed by atoms with van der Waals surface area (Å²) in [5.74, 6) is -0.352. The van der Waals surface area contributed by atoms with Gasteiger partial charge in [-0.05, 0) is 6.07 Å². The molecule has 0 amide bonds. The van der Waals surface area contributed by atoms with Gasteiger partial charge < -0.3 is 17.7 Å². The first-order valence-corrected chi connectivity index (χ1v) is 4.45. The van der Waals surface area contributed by atoms with Crippen LogP contribution in [0.3, 0.4) is 0 Å². The van der Waals surface area contributed by atoms with Crippen molar-refractivity contribution in [1.29, 1.82) is 0 Å². The Balaban J connectivity index is 2.86. The molecular formula is C7H5BClF3NO3-. The van der Waals surface area contributed by atoms with Gasteiger partial charge in [-0.3, -0.25) is 10.1 Å². The van der Waals surface area contributed by atoms with Gasteiger partial charge in [0, 0.05) is 6.07 Å². The molecule has 88 valence electrons. The van der Waals surface area contributed by atoms with E-state index in [9.17, 15) is 23.1 Å². The highest BCUT2D eigenvalue weighted by Gasteiger charge is 2.25. The van der Waals surface area contributed by atoms with Crippen molar-refractivity contribution in [1.82, 2.24) is 0 Å². The lowest BCUT2D eigenvalue weighted by atomic mass is 9.95. The van der Waals surface area contributed by atoms with Crippen LogP contribution in [0.1, 0.15) is 0 Å². The van der Waals surface area contributed by atoms with Crippen molar-refractivity contribution in [2.24, 2.45) is 0 Å². The van der Waals surface area contributed by atoms with E-state index in [0.717, 1.165) is 18.2 Å². The van der Waals surface area contributed by atoms with E-state index in [1.54, 1.807) is 0 Å². The number of rotatable bonds is 4. The second-order valence-electron chi connectivity index (χ2n) is 2.89. The molecule has 1 aromatic rings. The highest BCUT2D eigenvalue weighted by Crippen LogP contribution is 2.29. The number of nitro benzene ring substituents is 1. The molecular weight excluding hydrogens is 249 g/mol. The van der Waals surface area contributed by atoms with E-state index in [1.165, 1.54) is 0 Å². The summed E-state index contributed by atoms with van der Waals surface area (Å²) in [6, 6.07) is 3.04. The van der Waals surface area contributed by atoms with Crippen LogP contribution in [0.25, 0.3) is 0 Å². The van der Waals surface area contributed by atoms with Crippen LogP contribution in [0, 0.1) is 10.1 Å². The molecule has 4 nitrogen and oxygen atoms in total. The maximum atomic E-state index is 11.9. The average molecular weight is 254 g/mol. The fourth-order valence-corrected chi connectivity index (χ4v) is 1.07. The third-order valence-electron chi connectivity index (χ3n) is 1.55. The summed E-state index contributed by atoms with van der Waals surface area (Å²) in [6.45, 7) is -6.61. The number of hydrogen-bond acceptors (Lipinski definition) is 3. The zero-order valence-electron chi connectivity index (χ0n) is 7.70. The van der Waals surface area contributed by atoms with E-state index in [0.29, 0.717) is 0 Å².